The molecule has 5 aromatic rings. The zero-order valence-corrected chi connectivity index (χ0v) is 24.3. The average Bonchev–Trinajstić information content (AvgIpc) is 3.59. The predicted octanol–water partition coefficient (Wildman–Crippen LogP) is 7.47. The summed E-state index contributed by atoms with van der Waals surface area (Å²) in [5.74, 6) is 0.280. The number of H-pyrrole nitrogens is 1. The second-order valence-corrected chi connectivity index (χ2v) is 12.2. The lowest BCUT2D eigenvalue weighted by atomic mass is 9.89. The molecule has 4 heterocycles. The number of halogens is 1. The zero-order chi connectivity index (χ0) is 29.3. The Labute approximate surface area is 245 Å². The highest BCUT2D eigenvalue weighted by molar-refractivity contribution is 5.95. The van der Waals surface area contributed by atoms with Crippen molar-refractivity contribution in [2.45, 2.75) is 52.2 Å². The fourth-order valence-corrected chi connectivity index (χ4v) is 5.67. The second kappa shape index (κ2) is 11.4. The van der Waals surface area contributed by atoms with E-state index in [0.717, 1.165) is 71.2 Å². The van der Waals surface area contributed by atoms with E-state index < -0.39 is 5.60 Å². The highest BCUT2D eigenvalue weighted by atomic mass is 19.1. The van der Waals surface area contributed by atoms with Gasteiger partial charge in [-0.2, -0.15) is 5.10 Å². The Morgan fingerprint density at radius 1 is 1.00 bits per heavy atom. The predicted molar refractivity (Wildman–Crippen MR) is 162 cm³/mol. The van der Waals surface area contributed by atoms with Gasteiger partial charge in [-0.1, -0.05) is 36.4 Å². The Morgan fingerprint density at radius 3 is 2.57 bits per heavy atom. The van der Waals surface area contributed by atoms with Crippen LogP contribution in [0.15, 0.2) is 79.4 Å². The Morgan fingerprint density at radius 2 is 1.79 bits per heavy atom. The maximum atomic E-state index is 13.6. The molecule has 0 bridgehead atoms. The van der Waals surface area contributed by atoms with E-state index >= 15 is 0 Å². The molecular formula is C34H36FN5O2. The van der Waals surface area contributed by atoms with Gasteiger partial charge in [0.15, 0.2) is 0 Å². The molecule has 0 saturated carbocycles. The molecule has 1 aliphatic heterocycles. The van der Waals surface area contributed by atoms with Crippen LogP contribution in [0.3, 0.4) is 0 Å². The number of nitrogens with zero attached hydrogens (tertiary/aromatic N) is 4. The fourth-order valence-electron chi connectivity index (χ4n) is 5.67. The molecule has 0 aliphatic carbocycles. The minimum Gasteiger partial charge on any atom is -0.444 e. The number of likely N-dealkylation sites (tertiary alicyclic amines) is 1. The molecule has 7 nitrogen and oxygen atoms in total. The first-order chi connectivity index (χ1) is 20.2. The van der Waals surface area contributed by atoms with Crippen molar-refractivity contribution in [2.75, 3.05) is 13.1 Å². The highest BCUT2D eigenvalue weighted by Gasteiger charge is 2.27. The molecule has 1 N–H and O–H groups in total. The van der Waals surface area contributed by atoms with Crippen molar-refractivity contribution < 1.29 is 13.9 Å². The lowest BCUT2D eigenvalue weighted by Crippen LogP contribution is -2.42. The minimum atomic E-state index is -0.473. The third-order valence-corrected chi connectivity index (χ3v) is 7.76. The molecular weight excluding hydrogens is 529 g/mol. The Bertz CT molecular complexity index is 1710. The lowest BCUT2D eigenvalue weighted by molar-refractivity contribution is 0.0184. The molecule has 1 amide bonds. The van der Waals surface area contributed by atoms with E-state index in [0.29, 0.717) is 12.5 Å². The first kappa shape index (κ1) is 27.7. The van der Waals surface area contributed by atoms with Crippen LogP contribution in [0.25, 0.3) is 33.3 Å². The van der Waals surface area contributed by atoms with Crippen LogP contribution in [-0.2, 0) is 17.7 Å². The largest absolute Gasteiger partial charge is 0.444 e. The molecule has 0 radical (unpaired) electrons. The standard InChI is InChI=1S/C34H36FN5O2/c1-34(2,3)42-33(41)39-12-10-23(11-13-39)14-24-6-4-8-26(15-24)27-17-30-31(20-37-32(30)36-18-27)28-19-38-40(22-28)21-25-7-5-9-29(35)16-25/h4-9,15-20,22-23H,10-14,21H2,1-3H3,(H,36,37). The van der Waals surface area contributed by atoms with E-state index in [1.807, 2.05) is 61.2 Å². The van der Waals surface area contributed by atoms with Crippen LogP contribution in [-0.4, -0.2) is 49.4 Å². The van der Waals surface area contributed by atoms with Gasteiger partial charge in [-0.25, -0.2) is 14.2 Å². The van der Waals surface area contributed by atoms with Gasteiger partial charge in [-0.05, 0) is 80.8 Å². The molecule has 2 aromatic carbocycles. The zero-order valence-electron chi connectivity index (χ0n) is 24.3. The van der Waals surface area contributed by atoms with Gasteiger partial charge in [0.25, 0.3) is 0 Å². The molecule has 1 aliphatic rings. The third-order valence-electron chi connectivity index (χ3n) is 7.76. The van der Waals surface area contributed by atoms with Gasteiger partial charge in [-0.3, -0.25) is 4.68 Å². The number of hydrogen-bond acceptors (Lipinski definition) is 4. The first-order valence-electron chi connectivity index (χ1n) is 14.5. The molecule has 0 spiro atoms. The van der Waals surface area contributed by atoms with E-state index in [1.54, 1.807) is 6.07 Å². The summed E-state index contributed by atoms with van der Waals surface area (Å²) in [5, 5.41) is 5.54. The summed E-state index contributed by atoms with van der Waals surface area (Å²) in [4.78, 5) is 22.3. The summed E-state index contributed by atoms with van der Waals surface area (Å²) in [6.07, 6.45) is 10.4. The molecule has 1 saturated heterocycles. The average molecular weight is 566 g/mol. The van der Waals surface area contributed by atoms with E-state index in [1.165, 1.54) is 17.7 Å². The molecule has 6 rings (SSSR count). The van der Waals surface area contributed by atoms with E-state index in [4.69, 9.17) is 9.72 Å². The van der Waals surface area contributed by atoms with Crippen LogP contribution in [0.5, 0.6) is 0 Å². The molecule has 0 unspecified atom stereocenters. The summed E-state index contributed by atoms with van der Waals surface area (Å²) in [7, 11) is 0. The minimum absolute atomic E-state index is 0.214. The van der Waals surface area contributed by atoms with Gasteiger partial charge < -0.3 is 14.6 Å². The number of aromatic nitrogens is 4. The monoisotopic (exact) mass is 565 g/mol. The quantitative estimate of drug-likeness (QED) is 0.232. The summed E-state index contributed by atoms with van der Waals surface area (Å²) >= 11 is 0. The maximum absolute atomic E-state index is 13.6. The number of fused-ring (bicyclic) bond motifs is 1. The van der Waals surface area contributed by atoms with Gasteiger partial charge in [0.1, 0.15) is 17.1 Å². The molecule has 1 fully saturated rings. The number of carbonyl (C=O) groups is 1. The molecule has 42 heavy (non-hydrogen) atoms. The number of rotatable bonds is 6. The fraction of sp³-hybridized carbons (Fsp3) is 0.324. The van der Waals surface area contributed by atoms with Crippen LogP contribution in [0.4, 0.5) is 9.18 Å². The van der Waals surface area contributed by atoms with Gasteiger partial charge in [0.05, 0.1) is 12.7 Å². The van der Waals surface area contributed by atoms with Crippen LogP contribution in [0.2, 0.25) is 0 Å². The van der Waals surface area contributed by atoms with Gasteiger partial charge >= 0.3 is 6.09 Å². The van der Waals surface area contributed by atoms with Crippen molar-refractivity contribution in [2.24, 2.45) is 5.92 Å². The number of ether oxygens (including phenoxy) is 1. The number of carbonyl (C=O) groups excluding carboxylic acids is 1. The number of aromatic amines is 1. The van der Waals surface area contributed by atoms with Crippen molar-refractivity contribution in [3.05, 3.63) is 96.3 Å². The van der Waals surface area contributed by atoms with Crippen molar-refractivity contribution in [1.29, 1.82) is 0 Å². The summed E-state index contributed by atoms with van der Waals surface area (Å²) < 4.78 is 21.0. The second-order valence-electron chi connectivity index (χ2n) is 12.2. The van der Waals surface area contributed by atoms with Crippen LogP contribution < -0.4 is 0 Å². The normalized spacial score (nSPS) is 14.4. The molecule has 3 aromatic heterocycles. The smallest absolute Gasteiger partial charge is 0.410 e. The van der Waals surface area contributed by atoms with E-state index in [-0.39, 0.29) is 11.9 Å². The van der Waals surface area contributed by atoms with Crippen molar-refractivity contribution in [3.63, 3.8) is 0 Å². The number of benzene rings is 2. The topological polar surface area (TPSA) is 76.0 Å². The first-order valence-corrected chi connectivity index (χ1v) is 14.5. The Kier molecular flexibility index (Phi) is 7.54. The maximum Gasteiger partial charge on any atom is 0.410 e. The van der Waals surface area contributed by atoms with Crippen molar-refractivity contribution in [1.82, 2.24) is 24.6 Å². The van der Waals surface area contributed by atoms with E-state index in [9.17, 15) is 9.18 Å². The van der Waals surface area contributed by atoms with Gasteiger partial charge in [0, 0.05) is 53.8 Å². The van der Waals surface area contributed by atoms with Crippen LogP contribution in [0.1, 0.15) is 44.7 Å². The molecule has 0 atom stereocenters. The number of amides is 1. The third kappa shape index (κ3) is 6.38. The molecule has 216 valence electrons. The number of nitrogens with one attached hydrogen (secondary N) is 1. The SMILES string of the molecule is CC(C)(C)OC(=O)N1CCC(Cc2cccc(-c3cnc4[nH]cc(-c5cnn(Cc6cccc(F)c6)c5)c4c3)c2)CC1. The lowest BCUT2D eigenvalue weighted by Gasteiger charge is -2.33. The van der Waals surface area contributed by atoms with Gasteiger partial charge in [0.2, 0.25) is 0 Å². The summed E-state index contributed by atoms with van der Waals surface area (Å²) in [6.45, 7) is 7.67. The van der Waals surface area contributed by atoms with Crippen LogP contribution >= 0.6 is 0 Å². The Balaban J connectivity index is 1.15. The summed E-state index contributed by atoms with van der Waals surface area (Å²) in [5.41, 5.74) is 6.68. The van der Waals surface area contributed by atoms with Crippen LogP contribution in [0, 0.1) is 11.7 Å². The summed E-state index contributed by atoms with van der Waals surface area (Å²) in [6, 6.07) is 17.4. The van der Waals surface area contributed by atoms with Crippen molar-refractivity contribution >= 4 is 17.1 Å². The molecule has 8 heteroatoms. The number of piperidine rings is 1. The Hall–Kier alpha value is -4.46. The van der Waals surface area contributed by atoms with Crippen molar-refractivity contribution in [3.8, 4) is 22.3 Å². The van der Waals surface area contributed by atoms with Gasteiger partial charge in [-0.15, -0.1) is 0 Å². The number of hydrogen-bond donors (Lipinski definition) is 1. The number of pyridine rings is 1. The van der Waals surface area contributed by atoms with E-state index in [2.05, 4.69) is 40.4 Å². The highest BCUT2D eigenvalue weighted by Crippen LogP contribution is 2.32.